The topological polar surface area (TPSA) is 29.5 Å². The molecule has 1 saturated heterocycles. The number of piperidine rings is 1. The highest BCUT2D eigenvalue weighted by Gasteiger charge is 2.30. The summed E-state index contributed by atoms with van der Waals surface area (Å²) in [4.78, 5) is 14.2. The van der Waals surface area contributed by atoms with Gasteiger partial charge in [-0.2, -0.15) is 0 Å². The molecule has 0 spiro atoms. The maximum Gasteiger partial charge on any atom is 0.323 e. The second kappa shape index (κ2) is 7.43. The second-order valence-corrected chi connectivity index (χ2v) is 6.29. The van der Waals surface area contributed by atoms with Crippen molar-refractivity contribution in [3.8, 4) is 0 Å². The van der Waals surface area contributed by atoms with Crippen molar-refractivity contribution in [1.82, 2.24) is 4.90 Å². The van der Waals surface area contributed by atoms with E-state index in [2.05, 4.69) is 20.8 Å². The molecule has 1 aromatic carbocycles. The van der Waals surface area contributed by atoms with Gasteiger partial charge < -0.3 is 4.74 Å². The normalized spacial score (nSPS) is 19.9. The van der Waals surface area contributed by atoms with Crippen molar-refractivity contribution >= 4 is 33.5 Å². The number of halogens is 2. The summed E-state index contributed by atoms with van der Waals surface area (Å²) in [7, 11) is 0. The Balaban J connectivity index is 2.10. The molecule has 1 heterocycles. The molecule has 1 aromatic rings. The molecule has 0 radical (unpaired) electrons. The minimum absolute atomic E-state index is 0.111. The summed E-state index contributed by atoms with van der Waals surface area (Å²) in [6.07, 6.45) is 3.06. The Labute approximate surface area is 133 Å². The number of ether oxygens (including phenoxy) is 1. The molecule has 0 bridgehead atoms. The number of rotatable bonds is 4. The summed E-state index contributed by atoms with van der Waals surface area (Å²) in [5.41, 5.74) is 1.05. The molecule has 110 valence electrons. The first-order valence-electron chi connectivity index (χ1n) is 6.96. The molecule has 0 N–H and O–H groups in total. The molecule has 1 aliphatic rings. The zero-order valence-electron chi connectivity index (χ0n) is 11.6. The van der Waals surface area contributed by atoms with Crippen LogP contribution in [-0.4, -0.2) is 30.1 Å². The summed E-state index contributed by atoms with van der Waals surface area (Å²) >= 11 is 9.67. The van der Waals surface area contributed by atoms with Gasteiger partial charge in [-0.1, -0.05) is 40.0 Å². The zero-order chi connectivity index (χ0) is 14.5. The van der Waals surface area contributed by atoms with Crippen LogP contribution in [0, 0.1) is 0 Å². The summed E-state index contributed by atoms with van der Waals surface area (Å²) in [5.74, 6) is -0.111. The van der Waals surface area contributed by atoms with E-state index in [0.717, 1.165) is 40.9 Å². The predicted molar refractivity (Wildman–Crippen MR) is 83.8 cm³/mol. The van der Waals surface area contributed by atoms with Crippen molar-refractivity contribution in [2.24, 2.45) is 0 Å². The number of nitrogens with zero attached hydrogens (tertiary/aromatic N) is 1. The quantitative estimate of drug-likeness (QED) is 0.760. The number of likely N-dealkylation sites (tertiary alicyclic amines) is 1. The van der Waals surface area contributed by atoms with Crippen LogP contribution in [0.3, 0.4) is 0 Å². The van der Waals surface area contributed by atoms with Crippen molar-refractivity contribution in [2.75, 3.05) is 13.2 Å². The maximum atomic E-state index is 12.0. The van der Waals surface area contributed by atoms with E-state index < -0.39 is 0 Å². The van der Waals surface area contributed by atoms with Crippen LogP contribution in [0.25, 0.3) is 0 Å². The van der Waals surface area contributed by atoms with Gasteiger partial charge >= 0.3 is 5.97 Å². The van der Waals surface area contributed by atoms with E-state index in [9.17, 15) is 4.79 Å². The third-order valence-electron chi connectivity index (χ3n) is 3.56. The highest BCUT2D eigenvalue weighted by Crippen LogP contribution is 2.26. The van der Waals surface area contributed by atoms with Gasteiger partial charge in [0.1, 0.15) is 6.04 Å². The fourth-order valence-corrected chi connectivity index (χ4v) is 3.29. The third kappa shape index (κ3) is 3.96. The number of esters is 1. The molecule has 5 heteroatoms. The molecular weight excluding hydrogens is 342 g/mol. The summed E-state index contributed by atoms with van der Waals surface area (Å²) in [6, 6.07) is 5.73. The zero-order valence-corrected chi connectivity index (χ0v) is 13.9. The van der Waals surface area contributed by atoms with Crippen LogP contribution in [0.1, 0.15) is 31.7 Å². The molecule has 1 unspecified atom stereocenters. The van der Waals surface area contributed by atoms with Gasteiger partial charge in [-0.3, -0.25) is 9.69 Å². The Morgan fingerprint density at radius 1 is 1.50 bits per heavy atom. The van der Waals surface area contributed by atoms with Gasteiger partial charge in [0.15, 0.2) is 0 Å². The monoisotopic (exact) mass is 359 g/mol. The van der Waals surface area contributed by atoms with Gasteiger partial charge in [0.2, 0.25) is 0 Å². The van der Waals surface area contributed by atoms with Gasteiger partial charge in [0.05, 0.1) is 6.61 Å². The lowest BCUT2D eigenvalue weighted by atomic mass is 10.0. The lowest BCUT2D eigenvalue weighted by molar-refractivity contribution is -0.151. The van der Waals surface area contributed by atoms with E-state index in [-0.39, 0.29) is 12.0 Å². The van der Waals surface area contributed by atoms with E-state index in [0.29, 0.717) is 13.2 Å². The van der Waals surface area contributed by atoms with Crippen molar-refractivity contribution in [1.29, 1.82) is 0 Å². The molecular formula is C15H19BrClNO2. The van der Waals surface area contributed by atoms with Gasteiger partial charge in [0, 0.05) is 16.0 Å². The molecule has 0 aliphatic carbocycles. The fourth-order valence-electron chi connectivity index (χ4n) is 2.55. The van der Waals surface area contributed by atoms with Crippen LogP contribution in [0.5, 0.6) is 0 Å². The molecule has 0 aromatic heterocycles. The van der Waals surface area contributed by atoms with Crippen LogP contribution in [-0.2, 0) is 16.1 Å². The first-order chi connectivity index (χ1) is 9.61. The highest BCUT2D eigenvalue weighted by molar-refractivity contribution is 9.10. The van der Waals surface area contributed by atoms with Crippen molar-refractivity contribution in [3.05, 3.63) is 33.3 Å². The minimum atomic E-state index is -0.136. The Bertz CT molecular complexity index is 481. The van der Waals surface area contributed by atoms with E-state index in [1.165, 1.54) is 0 Å². The van der Waals surface area contributed by atoms with Gasteiger partial charge in [-0.15, -0.1) is 0 Å². The molecule has 1 aliphatic heterocycles. The number of hydrogen-bond donors (Lipinski definition) is 0. The molecule has 3 nitrogen and oxygen atoms in total. The van der Waals surface area contributed by atoms with E-state index in [1.54, 1.807) is 0 Å². The molecule has 0 amide bonds. The van der Waals surface area contributed by atoms with Crippen LogP contribution in [0.15, 0.2) is 22.7 Å². The minimum Gasteiger partial charge on any atom is -0.465 e. The van der Waals surface area contributed by atoms with Crippen molar-refractivity contribution in [3.63, 3.8) is 0 Å². The fraction of sp³-hybridized carbons (Fsp3) is 0.533. The Morgan fingerprint density at radius 2 is 2.30 bits per heavy atom. The number of carbonyl (C=O) groups is 1. The van der Waals surface area contributed by atoms with Gasteiger partial charge in [-0.05, 0) is 44.0 Å². The van der Waals surface area contributed by atoms with Crippen molar-refractivity contribution in [2.45, 2.75) is 38.8 Å². The van der Waals surface area contributed by atoms with E-state index in [1.807, 2.05) is 25.1 Å². The summed E-state index contributed by atoms with van der Waals surface area (Å²) < 4.78 is 6.14. The highest BCUT2D eigenvalue weighted by atomic mass is 79.9. The molecule has 2 rings (SSSR count). The maximum absolute atomic E-state index is 12.0. The summed E-state index contributed by atoms with van der Waals surface area (Å²) in [5, 5.41) is 0.729. The number of carbonyl (C=O) groups excluding carboxylic acids is 1. The number of hydrogen-bond acceptors (Lipinski definition) is 3. The lowest BCUT2D eigenvalue weighted by Crippen LogP contribution is -2.45. The average Bonchev–Trinajstić information content (AvgIpc) is 2.43. The number of benzene rings is 1. The van der Waals surface area contributed by atoms with Crippen molar-refractivity contribution < 1.29 is 9.53 Å². The van der Waals surface area contributed by atoms with E-state index >= 15 is 0 Å². The van der Waals surface area contributed by atoms with Crippen LogP contribution >= 0.6 is 27.5 Å². The first kappa shape index (κ1) is 15.8. The predicted octanol–water partition coefficient (Wildman–Crippen LogP) is 4.02. The third-order valence-corrected chi connectivity index (χ3v) is 4.41. The Morgan fingerprint density at radius 3 is 3.00 bits per heavy atom. The standard InChI is InChI=1S/C15H19BrClNO2/c1-2-20-15(19)14-5-3-4-8-18(14)10-11-6-7-12(16)9-13(11)17/h6-7,9,14H,2-5,8,10H2,1H3. The average molecular weight is 361 g/mol. The Kier molecular flexibility index (Phi) is 5.87. The van der Waals surface area contributed by atoms with Crippen LogP contribution in [0.4, 0.5) is 0 Å². The molecule has 0 saturated carbocycles. The lowest BCUT2D eigenvalue weighted by Gasteiger charge is -2.34. The van der Waals surface area contributed by atoms with Crippen LogP contribution in [0.2, 0.25) is 5.02 Å². The van der Waals surface area contributed by atoms with Gasteiger partial charge in [0.25, 0.3) is 0 Å². The van der Waals surface area contributed by atoms with E-state index in [4.69, 9.17) is 16.3 Å². The molecule has 20 heavy (non-hydrogen) atoms. The second-order valence-electron chi connectivity index (χ2n) is 4.97. The first-order valence-corrected chi connectivity index (χ1v) is 8.13. The largest absolute Gasteiger partial charge is 0.465 e. The smallest absolute Gasteiger partial charge is 0.323 e. The SMILES string of the molecule is CCOC(=O)C1CCCCN1Cc1ccc(Br)cc1Cl. The Hall–Kier alpha value is -0.580. The van der Waals surface area contributed by atoms with Gasteiger partial charge in [-0.25, -0.2) is 0 Å². The molecule has 1 fully saturated rings. The summed E-state index contributed by atoms with van der Waals surface area (Å²) in [6.45, 7) is 3.88. The van der Waals surface area contributed by atoms with Crippen LogP contribution < -0.4 is 0 Å². The molecule has 1 atom stereocenters.